The molecule has 0 aliphatic rings. The molecule has 4 nitrogen and oxygen atoms in total. The number of nitrogens with zero attached hydrogens (tertiary/aromatic N) is 2. The predicted molar refractivity (Wildman–Crippen MR) is 77.2 cm³/mol. The Morgan fingerprint density at radius 3 is 2.56 bits per heavy atom. The van der Waals surface area contributed by atoms with Crippen LogP contribution in [0.15, 0.2) is 5.38 Å². The molecular weight excluding hydrogens is 246 g/mol. The van der Waals surface area contributed by atoms with Gasteiger partial charge in [-0.3, -0.25) is 0 Å². The van der Waals surface area contributed by atoms with Crippen LogP contribution in [0.2, 0.25) is 0 Å². The molecule has 0 saturated carbocycles. The molecule has 5 heteroatoms. The normalized spacial score (nSPS) is 14.2. The van der Waals surface area contributed by atoms with Crippen LogP contribution in [0.4, 0.5) is 0 Å². The third kappa shape index (κ3) is 4.65. The SMILES string of the molecule is CN(C)CCNC(CO)c1csc(C(C)(C)C)n1. The zero-order valence-electron chi connectivity index (χ0n) is 12.0. The molecule has 104 valence electrons. The van der Waals surface area contributed by atoms with Crippen LogP contribution in [0.3, 0.4) is 0 Å². The largest absolute Gasteiger partial charge is 0.394 e. The molecule has 1 heterocycles. The first-order chi connectivity index (χ1) is 8.34. The predicted octanol–water partition coefficient (Wildman–Crippen LogP) is 1.63. The lowest BCUT2D eigenvalue weighted by Crippen LogP contribution is -2.31. The first kappa shape index (κ1) is 15.6. The maximum atomic E-state index is 9.45. The van der Waals surface area contributed by atoms with Gasteiger partial charge in [-0.2, -0.15) is 0 Å². The summed E-state index contributed by atoms with van der Waals surface area (Å²) in [6.07, 6.45) is 0. The number of aliphatic hydroxyl groups excluding tert-OH is 1. The van der Waals surface area contributed by atoms with E-state index in [9.17, 15) is 5.11 Å². The molecule has 0 spiro atoms. The van der Waals surface area contributed by atoms with Gasteiger partial charge in [-0.1, -0.05) is 20.8 Å². The Morgan fingerprint density at radius 1 is 1.44 bits per heavy atom. The van der Waals surface area contributed by atoms with Gasteiger partial charge in [0.15, 0.2) is 0 Å². The van der Waals surface area contributed by atoms with Gasteiger partial charge in [0.1, 0.15) is 0 Å². The van der Waals surface area contributed by atoms with Gasteiger partial charge in [0, 0.05) is 23.9 Å². The molecule has 0 bridgehead atoms. The third-order valence-corrected chi connectivity index (χ3v) is 3.94. The Morgan fingerprint density at radius 2 is 2.11 bits per heavy atom. The van der Waals surface area contributed by atoms with Crippen LogP contribution in [0.5, 0.6) is 0 Å². The lowest BCUT2D eigenvalue weighted by molar-refractivity contribution is 0.238. The number of hydrogen-bond donors (Lipinski definition) is 2. The Labute approximate surface area is 114 Å². The summed E-state index contributed by atoms with van der Waals surface area (Å²) in [5, 5.41) is 15.9. The average Bonchev–Trinajstić information content (AvgIpc) is 2.72. The van der Waals surface area contributed by atoms with Crippen LogP contribution in [-0.4, -0.2) is 48.8 Å². The molecule has 0 fully saturated rings. The number of hydrogen-bond acceptors (Lipinski definition) is 5. The number of thiazole rings is 1. The number of rotatable bonds is 6. The number of likely N-dealkylation sites (N-methyl/N-ethyl adjacent to an activating group) is 1. The molecule has 0 radical (unpaired) electrons. The summed E-state index contributed by atoms with van der Waals surface area (Å²) in [4.78, 5) is 6.75. The van der Waals surface area contributed by atoms with Crippen molar-refractivity contribution in [1.29, 1.82) is 0 Å². The van der Waals surface area contributed by atoms with Crippen molar-refractivity contribution in [2.75, 3.05) is 33.8 Å². The minimum absolute atomic E-state index is 0.0581. The number of nitrogens with one attached hydrogen (secondary N) is 1. The minimum atomic E-state index is -0.0581. The molecule has 1 aromatic rings. The van der Waals surface area contributed by atoms with E-state index in [-0.39, 0.29) is 18.1 Å². The molecule has 0 saturated heterocycles. The summed E-state index contributed by atoms with van der Waals surface area (Å²) in [7, 11) is 4.08. The van der Waals surface area contributed by atoms with Crippen LogP contribution in [0.25, 0.3) is 0 Å². The molecule has 18 heavy (non-hydrogen) atoms. The summed E-state index contributed by atoms with van der Waals surface area (Å²) in [6, 6.07) is -0.0581. The van der Waals surface area contributed by atoms with Gasteiger partial charge in [0.2, 0.25) is 0 Å². The van der Waals surface area contributed by atoms with E-state index in [0.717, 1.165) is 23.8 Å². The molecule has 0 aromatic carbocycles. The highest BCUT2D eigenvalue weighted by Gasteiger charge is 2.20. The summed E-state index contributed by atoms with van der Waals surface area (Å²) < 4.78 is 0. The third-order valence-electron chi connectivity index (χ3n) is 2.65. The molecule has 1 unspecified atom stereocenters. The van der Waals surface area contributed by atoms with E-state index in [1.807, 2.05) is 19.5 Å². The fourth-order valence-electron chi connectivity index (χ4n) is 1.52. The van der Waals surface area contributed by atoms with Gasteiger partial charge >= 0.3 is 0 Å². The second kappa shape index (κ2) is 6.61. The second-order valence-electron chi connectivity index (χ2n) is 5.82. The molecule has 0 amide bonds. The van der Waals surface area contributed by atoms with Crippen molar-refractivity contribution in [2.24, 2.45) is 0 Å². The zero-order valence-corrected chi connectivity index (χ0v) is 12.8. The van der Waals surface area contributed by atoms with Gasteiger partial charge in [-0.05, 0) is 14.1 Å². The van der Waals surface area contributed by atoms with Crippen LogP contribution < -0.4 is 5.32 Å². The number of aromatic nitrogens is 1. The van der Waals surface area contributed by atoms with Gasteiger partial charge in [-0.15, -0.1) is 11.3 Å². The van der Waals surface area contributed by atoms with Gasteiger partial charge in [0.05, 0.1) is 23.4 Å². The van der Waals surface area contributed by atoms with E-state index >= 15 is 0 Å². The highest BCUT2D eigenvalue weighted by Crippen LogP contribution is 2.27. The quantitative estimate of drug-likeness (QED) is 0.825. The molecule has 2 N–H and O–H groups in total. The monoisotopic (exact) mass is 271 g/mol. The molecule has 0 aliphatic carbocycles. The fourth-order valence-corrected chi connectivity index (χ4v) is 2.48. The first-order valence-corrected chi connectivity index (χ1v) is 7.17. The fraction of sp³-hybridized carbons (Fsp3) is 0.769. The van der Waals surface area contributed by atoms with Crippen molar-refractivity contribution in [2.45, 2.75) is 32.2 Å². The molecule has 1 aromatic heterocycles. The van der Waals surface area contributed by atoms with Gasteiger partial charge in [0.25, 0.3) is 0 Å². The van der Waals surface area contributed by atoms with Crippen LogP contribution in [0, 0.1) is 0 Å². The first-order valence-electron chi connectivity index (χ1n) is 6.29. The van der Waals surface area contributed by atoms with E-state index < -0.39 is 0 Å². The van der Waals surface area contributed by atoms with Crippen molar-refractivity contribution in [3.8, 4) is 0 Å². The summed E-state index contributed by atoms with van der Waals surface area (Å²) >= 11 is 1.67. The van der Waals surface area contributed by atoms with Crippen LogP contribution in [0.1, 0.15) is 37.5 Å². The maximum absolute atomic E-state index is 9.45. The summed E-state index contributed by atoms with van der Waals surface area (Å²) in [5.41, 5.74) is 1.03. The van der Waals surface area contributed by atoms with E-state index in [1.165, 1.54) is 0 Å². The smallest absolute Gasteiger partial charge is 0.0982 e. The maximum Gasteiger partial charge on any atom is 0.0982 e. The second-order valence-corrected chi connectivity index (χ2v) is 6.68. The highest BCUT2D eigenvalue weighted by atomic mass is 32.1. The Kier molecular flexibility index (Phi) is 5.72. The zero-order chi connectivity index (χ0) is 13.8. The molecule has 0 aliphatic heterocycles. The topological polar surface area (TPSA) is 48.4 Å². The summed E-state index contributed by atoms with van der Waals surface area (Å²) in [5.74, 6) is 0. The standard InChI is InChI=1S/C13H25N3OS/c1-13(2,3)12-15-11(9-18-12)10(8-17)14-6-7-16(4)5/h9-10,14,17H,6-8H2,1-5H3. The van der Waals surface area contributed by atoms with Gasteiger partial charge < -0.3 is 15.3 Å². The Bertz CT molecular complexity index is 357. The lowest BCUT2D eigenvalue weighted by Gasteiger charge is -2.17. The highest BCUT2D eigenvalue weighted by molar-refractivity contribution is 7.09. The van der Waals surface area contributed by atoms with E-state index in [4.69, 9.17) is 0 Å². The minimum Gasteiger partial charge on any atom is -0.394 e. The van der Waals surface area contributed by atoms with Crippen LogP contribution in [-0.2, 0) is 5.41 Å². The van der Waals surface area contributed by atoms with Crippen molar-refractivity contribution >= 4 is 11.3 Å². The molecular formula is C13H25N3OS. The van der Waals surface area contributed by atoms with E-state index in [2.05, 4.69) is 36.0 Å². The Balaban J connectivity index is 2.62. The van der Waals surface area contributed by atoms with E-state index in [1.54, 1.807) is 11.3 Å². The summed E-state index contributed by atoms with van der Waals surface area (Å²) in [6.45, 7) is 8.35. The van der Waals surface area contributed by atoms with E-state index in [0.29, 0.717) is 0 Å². The molecule has 1 atom stereocenters. The Hall–Kier alpha value is -0.490. The molecule has 1 rings (SSSR count). The lowest BCUT2D eigenvalue weighted by atomic mass is 9.98. The van der Waals surface area contributed by atoms with Crippen molar-refractivity contribution in [1.82, 2.24) is 15.2 Å². The average molecular weight is 271 g/mol. The van der Waals surface area contributed by atoms with Crippen molar-refractivity contribution in [3.05, 3.63) is 16.1 Å². The van der Waals surface area contributed by atoms with Crippen LogP contribution >= 0.6 is 11.3 Å². The number of aliphatic hydroxyl groups is 1. The van der Waals surface area contributed by atoms with Crippen molar-refractivity contribution < 1.29 is 5.11 Å². The van der Waals surface area contributed by atoms with Crippen molar-refractivity contribution in [3.63, 3.8) is 0 Å². The van der Waals surface area contributed by atoms with Gasteiger partial charge in [-0.25, -0.2) is 4.98 Å².